The molecule has 0 aromatic heterocycles. The molecule has 0 bridgehead atoms. The van der Waals surface area contributed by atoms with Crippen LogP contribution in [0, 0.1) is 5.92 Å². The van der Waals surface area contributed by atoms with Gasteiger partial charge in [0.2, 0.25) is 10.0 Å². The molecule has 1 aliphatic heterocycles. The molecule has 1 aromatic rings. The molecule has 1 heterocycles. The van der Waals surface area contributed by atoms with E-state index in [0.29, 0.717) is 30.6 Å². The van der Waals surface area contributed by atoms with Crippen LogP contribution in [0.1, 0.15) is 42.1 Å². The second-order valence-electron chi connectivity index (χ2n) is 6.62. The minimum Gasteiger partial charge on any atom is -0.457 e. The van der Waals surface area contributed by atoms with Crippen molar-refractivity contribution in [1.82, 2.24) is 0 Å². The fourth-order valence-electron chi connectivity index (χ4n) is 3.36. The van der Waals surface area contributed by atoms with Gasteiger partial charge in [0.1, 0.15) is 0 Å². The van der Waals surface area contributed by atoms with Crippen molar-refractivity contribution in [3.63, 3.8) is 0 Å². The van der Waals surface area contributed by atoms with Crippen molar-refractivity contribution in [1.29, 1.82) is 0 Å². The Hall–Kier alpha value is -2.15. The van der Waals surface area contributed by atoms with Crippen LogP contribution in [0.25, 0.3) is 0 Å². The Bertz CT molecular complexity index is 843. The first-order valence-electron chi connectivity index (χ1n) is 8.89. The number of ketones is 1. The van der Waals surface area contributed by atoms with Crippen LogP contribution in [0.5, 0.6) is 0 Å². The minimum absolute atomic E-state index is 0.0409. The average Bonchev–Trinajstić information content (AvgIpc) is 3.28. The molecule has 1 aliphatic carbocycles. The number of nitrogens with zero attached hydrogens (tertiary/aromatic N) is 1. The zero-order chi connectivity index (χ0) is 18.7. The number of ether oxygens (including phenoxy) is 1. The van der Waals surface area contributed by atoms with Crippen LogP contribution < -0.4 is 4.31 Å². The maximum absolute atomic E-state index is 12.3. The summed E-state index contributed by atoms with van der Waals surface area (Å²) in [5.41, 5.74) is 1.90. The van der Waals surface area contributed by atoms with Crippen molar-refractivity contribution in [3.05, 3.63) is 41.5 Å². The smallest absolute Gasteiger partial charge is 0.306 e. The van der Waals surface area contributed by atoms with E-state index in [-0.39, 0.29) is 30.0 Å². The van der Waals surface area contributed by atoms with Gasteiger partial charge in [-0.1, -0.05) is 12.2 Å². The third-order valence-electron chi connectivity index (χ3n) is 4.86. The highest BCUT2D eigenvalue weighted by Crippen LogP contribution is 2.31. The van der Waals surface area contributed by atoms with Gasteiger partial charge in [-0.3, -0.25) is 13.9 Å². The van der Waals surface area contributed by atoms with Gasteiger partial charge in [0, 0.05) is 12.1 Å². The van der Waals surface area contributed by atoms with Crippen molar-refractivity contribution in [2.75, 3.05) is 23.2 Å². The van der Waals surface area contributed by atoms with Crippen molar-refractivity contribution in [2.45, 2.75) is 32.6 Å². The lowest BCUT2D eigenvalue weighted by atomic mass is 10.1. The third kappa shape index (κ3) is 3.98. The van der Waals surface area contributed by atoms with Crippen molar-refractivity contribution in [3.8, 4) is 0 Å². The van der Waals surface area contributed by atoms with E-state index in [4.69, 9.17) is 4.74 Å². The average molecular weight is 377 g/mol. The fraction of sp³-hybridized carbons (Fsp3) is 0.474. The molecule has 0 unspecified atom stereocenters. The highest BCUT2D eigenvalue weighted by Gasteiger charge is 2.28. The number of hydrogen-bond donors (Lipinski definition) is 0. The number of esters is 1. The molecule has 1 atom stereocenters. The third-order valence-corrected chi connectivity index (χ3v) is 6.64. The first-order valence-corrected chi connectivity index (χ1v) is 10.5. The zero-order valence-electron chi connectivity index (χ0n) is 14.8. The van der Waals surface area contributed by atoms with E-state index in [1.54, 1.807) is 25.1 Å². The topological polar surface area (TPSA) is 80.8 Å². The lowest BCUT2D eigenvalue weighted by molar-refractivity contribution is -0.143. The van der Waals surface area contributed by atoms with E-state index in [2.05, 4.69) is 6.08 Å². The van der Waals surface area contributed by atoms with Gasteiger partial charge in [-0.15, -0.1) is 0 Å². The van der Waals surface area contributed by atoms with Crippen molar-refractivity contribution in [2.24, 2.45) is 5.92 Å². The normalized spacial score (nSPS) is 18.8. The Morgan fingerprint density at radius 1 is 1.31 bits per heavy atom. The zero-order valence-corrected chi connectivity index (χ0v) is 15.6. The van der Waals surface area contributed by atoms with Gasteiger partial charge in [0.25, 0.3) is 0 Å². The number of allylic oxidation sites excluding steroid dienone is 2. The summed E-state index contributed by atoms with van der Waals surface area (Å²) in [5, 5.41) is 0. The highest BCUT2D eigenvalue weighted by atomic mass is 32.2. The van der Waals surface area contributed by atoms with Gasteiger partial charge in [0.15, 0.2) is 12.4 Å². The summed E-state index contributed by atoms with van der Waals surface area (Å²) < 4.78 is 30.7. The van der Waals surface area contributed by atoms with Gasteiger partial charge in [-0.2, -0.15) is 0 Å². The number of hydrogen-bond acceptors (Lipinski definition) is 5. The predicted octanol–water partition coefficient (Wildman–Crippen LogP) is 2.48. The molecule has 3 rings (SSSR count). The second-order valence-corrected chi connectivity index (χ2v) is 8.80. The van der Waals surface area contributed by atoms with Crippen LogP contribution in [-0.2, 0) is 26.0 Å². The fourth-order valence-corrected chi connectivity index (χ4v) is 4.52. The molecule has 0 amide bonds. The molecule has 0 saturated heterocycles. The Morgan fingerprint density at radius 2 is 2.12 bits per heavy atom. The molecule has 0 spiro atoms. The lowest BCUT2D eigenvalue weighted by Crippen LogP contribution is -2.30. The molecule has 0 saturated carbocycles. The number of benzene rings is 1. The molecule has 0 N–H and O–H groups in total. The SMILES string of the molecule is CCS(=O)(=O)N1CCc2cc(C(=O)COC(=O)C[C@@H]3C=CCC3)ccc21. The minimum atomic E-state index is -3.30. The molecule has 7 heteroatoms. The van der Waals surface area contributed by atoms with Gasteiger partial charge in [0.05, 0.1) is 17.9 Å². The summed E-state index contributed by atoms with van der Waals surface area (Å²) in [6.07, 6.45) is 6.87. The summed E-state index contributed by atoms with van der Waals surface area (Å²) in [6.45, 7) is 1.72. The first kappa shape index (κ1) is 18.6. The molecule has 140 valence electrons. The van der Waals surface area contributed by atoms with E-state index in [9.17, 15) is 18.0 Å². The van der Waals surface area contributed by atoms with Gasteiger partial charge in [-0.25, -0.2) is 8.42 Å². The largest absolute Gasteiger partial charge is 0.457 e. The maximum atomic E-state index is 12.3. The highest BCUT2D eigenvalue weighted by molar-refractivity contribution is 7.92. The number of sulfonamides is 1. The number of fused-ring (bicyclic) bond motifs is 1. The molecule has 2 aliphatic rings. The van der Waals surface area contributed by atoms with E-state index >= 15 is 0 Å². The Balaban J connectivity index is 1.61. The molecule has 26 heavy (non-hydrogen) atoms. The number of carbonyl (C=O) groups is 2. The number of carbonyl (C=O) groups excluding carboxylic acids is 2. The quantitative estimate of drug-likeness (QED) is 0.414. The van der Waals surface area contributed by atoms with Gasteiger partial charge >= 0.3 is 5.97 Å². The Morgan fingerprint density at radius 3 is 2.81 bits per heavy atom. The van der Waals surface area contributed by atoms with Crippen molar-refractivity contribution >= 4 is 27.5 Å². The number of rotatable bonds is 7. The monoisotopic (exact) mass is 377 g/mol. The lowest BCUT2D eigenvalue weighted by Gasteiger charge is -2.18. The van der Waals surface area contributed by atoms with Crippen LogP contribution in [0.2, 0.25) is 0 Å². The Kier molecular flexibility index (Phi) is 5.46. The summed E-state index contributed by atoms with van der Waals surface area (Å²) in [7, 11) is -3.30. The van der Waals surface area contributed by atoms with Crippen LogP contribution in [0.3, 0.4) is 0 Å². The predicted molar refractivity (Wildman–Crippen MR) is 98.7 cm³/mol. The molecule has 0 fully saturated rings. The molecular formula is C19H23NO5S. The van der Waals surface area contributed by atoms with E-state index in [1.165, 1.54) is 4.31 Å². The van der Waals surface area contributed by atoms with Crippen LogP contribution in [0.4, 0.5) is 5.69 Å². The summed E-state index contributed by atoms with van der Waals surface area (Å²) >= 11 is 0. The van der Waals surface area contributed by atoms with Crippen LogP contribution >= 0.6 is 0 Å². The van der Waals surface area contributed by atoms with E-state index in [1.807, 2.05) is 6.08 Å². The summed E-state index contributed by atoms with van der Waals surface area (Å²) in [5.74, 6) is -0.389. The molecular weight excluding hydrogens is 354 g/mol. The standard InChI is InChI=1S/C19H23NO5S/c1-2-26(23,24)20-10-9-15-12-16(7-8-17(15)20)18(21)13-25-19(22)11-14-5-3-4-6-14/h3,5,7-8,12,14H,2,4,6,9-11,13H2,1H3/t14-/m1/s1. The van der Waals surface area contributed by atoms with Crippen molar-refractivity contribution < 1.29 is 22.7 Å². The molecule has 0 radical (unpaired) electrons. The second kappa shape index (κ2) is 7.61. The Labute approximate surface area is 153 Å². The van der Waals surface area contributed by atoms with Crippen LogP contribution in [-0.4, -0.2) is 39.1 Å². The van der Waals surface area contributed by atoms with E-state index < -0.39 is 10.0 Å². The van der Waals surface area contributed by atoms with E-state index in [0.717, 1.165) is 18.4 Å². The summed E-state index contributed by atoms with van der Waals surface area (Å²) in [4.78, 5) is 24.1. The molecule has 6 nitrogen and oxygen atoms in total. The van der Waals surface area contributed by atoms with Crippen LogP contribution in [0.15, 0.2) is 30.4 Å². The number of Topliss-reactive ketones (excluding diaryl/α,β-unsaturated/α-hetero) is 1. The van der Waals surface area contributed by atoms with Gasteiger partial charge < -0.3 is 4.74 Å². The first-order chi connectivity index (χ1) is 12.4. The van der Waals surface area contributed by atoms with Gasteiger partial charge in [-0.05, 0) is 55.9 Å². The maximum Gasteiger partial charge on any atom is 0.306 e. The summed E-state index contributed by atoms with van der Waals surface area (Å²) in [6, 6.07) is 4.96. The molecule has 1 aromatic carbocycles. The number of anilines is 1.